The minimum absolute atomic E-state index is 0.260. The Balaban J connectivity index is 2.14. The number of hydrogen-bond donors (Lipinski definition) is 1. The van der Waals surface area contributed by atoms with E-state index in [1.807, 2.05) is 31.6 Å². The molecule has 0 saturated carbocycles. The van der Waals surface area contributed by atoms with Gasteiger partial charge in [-0.15, -0.1) is 0 Å². The van der Waals surface area contributed by atoms with Crippen molar-refractivity contribution in [3.05, 3.63) is 53.1 Å². The molecule has 0 radical (unpaired) electrons. The summed E-state index contributed by atoms with van der Waals surface area (Å²) in [6.07, 6.45) is 5.92. The second kappa shape index (κ2) is 6.73. The molecule has 0 bridgehead atoms. The topological polar surface area (TPSA) is 29.9 Å². The van der Waals surface area contributed by atoms with Crippen molar-refractivity contribution >= 4 is 11.6 Å². The van der Waals surface area contributed by atoms with Crippen molar-refractivity contribution in [2.45, 2.75) is 32.4 Å². The van der Waals surface area contributed by atoms with Crippen molar-refractivity contribution in [3.63, 3.8) is 0 Å². The van der Waals surface area contributed by atoms with Crippen LogP contribution in [0.5, 0.6) is 0 Å². The van der Waals surface area contributed by atoms with E-state index < -0.39 is 0 Å². The number of nitrogens with zero attached hydrogens (tertiary/aromatic N) is 2. The number of likely N-dealkylation sites (N-methyl/N-ethyl adjacent to an activating group) is 1. The molecule has 0 aliphatic rings. The molecule has 1 atom stereocenters. The summed E-state index contributed by atoms with van der Waals surface area (Å²) in [5.41, 5.74) is 1.23. The molecule has 1 N–H and O–H groups in total. The van der Waals surface area contributed by atoms with E-state index in [4.69, 9.17) is 11.6 Å². The van der Waals surface area contributed by atoms with E-state index in [2.05, 4.69) is 33.9 Å². The van der Waals surface area contributed by atoms with Crippen molar-refractivity contribution in [2.75, 3.05) is 7.05 Å². The van der Waals surface area contributed by atoms with E-state index in [1.54, 1.807) is 0 Å². The van der Waals surface area contributed by atoms with Crippen LogP contribution in [0.15, 0.2) is 36.7 Å². The molecule has 0 aliphatic carbocycles. The maximum Gasteiger partial charge on any atom is 0.110 e. The maximum atomic E-state index is 5.93. The zero-order chi connectivity index (χ0) is 13.7. The fourth-order valence-corrected chi connectivity index (χ4v) is 2.36. The van der Waals surface area contributed by atoms with Gasteiger partial charge in [-0.2, -0.15) is 0 Å². The number of imidazole rings is 1. The highest BCUT2D eigenvalue weighted by Crippen LogP contribution is 2.19. The lowest BCUT2D eigenvalue weighted by molar-refractivity contribution is 0.543. The quantitative estimate of drug-likeness (QED) is 0.876. The zero-order valence-electron chi connectivity index (χ0n) is 11.4. The van der Waals surface area contributed by atoms with Crippen LogP contribution < -0.4 is 5.32 Å². The van der Waals surface area contributed by atoms with Gasteiger partial charge in [0.15, 0.2) is 0 Å². The lowest BCUT2D eigenvalue weighted by Gasteiger charge is -2.17. The zero-order valence-corrected chi connectivity index (χ0v) is 12.2. The summed E-state index contributed by atoms with van der Waals surface area (Å²) in [5, 5.41) is 4.12. The smallest absolute Gasteiger partial charge is 0.110 e. The van der Waals surface area contributed by atoms with E-state index in [0.717, 1.165) is 30.2 Å². The van der Waals surface area contributed by atoms with E-state index >= 15 is 0 Å². The molecule has 2 rings (SSSR count). The average molecular weight is 278 g/mol. The number of nitrogens with one attached hydrogen (secondary N) is 1. The highest BCUT2D eigenvalue weighted by molar-refractivity contribution is 6.30. The Morgan fingerprint density at radius 1 is 1.32 bits per heavy atom. The third-order valence-electron chi connectivity index (χ3n) is 3.27. The number of rotatable bonds is 6. The molecule has 0 saturated heterocycles. The third kappa shape index (κ3) is 3.58. The predicted octanol–water partition coefficient (Wildman–Crippen LogP) is 3.45. The molecule has 1 aromatic carbocycles. The molecule has 3 nitrogen and oxygen atoms in total. The molecule has 0 fully saturated rings. The van der Waals surface area contributed by atoms with Crippen molar-refractivity contribution in [3.8, 4) is 0 Å². The van der Waals surface area contributed by atoms with E-state index in [-0.39, 0.29) is 6.04 Å². The van der Waals surface area contributed by atoms with Crippen LogP contribution in [-0.4, -0.2) is 16.6 Å². The molecule has 1 unspecified atom stereocenters. The Labute approximate surface area is 119 Å². The van der Waals surface area contributed by atoms with Crippen LogP contribution in [0.3, 0.4) is 0 Å². The Bertz CT molecular complexity index is 504. The molecule has 0 aliphatic heterocycles. The minimum atomic E-state index is 0.260. The Morgan fingerprint density at radius 2 is 2.05 bits per heavy atom. The standard InChI is InChI=1S/C15H20ClN3/c1-3-9-19-10-8-18-15(19)11-14(17-2)12-4-6-13(16)7-5-12/h4-8,10,14,17H,3,9,11H2,1-2H3. The number of benzene rings is 1. The van der Waals surface area contributed by atoms with Gasteiger partial charge in [-0.1, -0.05) is 30.7 Å². The van der Waals surface area contributed by atoms with Gasteiger partial charge in [0, 0.05) is 36.4 Å². The van der Waals surface area contributed by atoms with E-state index in [9.17, 15) is 0 Å². The monoisotopic (exact) mass is 277 g/mol. The Hall–Kier alpha value is -1.32. The molecule has 0 amide bonds. The first-order valence-corrected chi connectivity index (χ1v) is 7.05. The first-order chi connectivity index (χ1) is 9.24. The SMILES string of the molecule is CCCn1ccnc1CC(NC)c1ccc(Cl)cc1. The van der Waals surface area contributed by atoms with Crippen molar-refractivity contribution in [1.82, 2.24) is 14.9 Å². The molecule has 1 heterocycles. The normalized spacial score (nSPS) is 12.6. The largest absolute Gasteiger partial charge is 0.335 e. The average Bonchev–Trinajstić information content (AvgIpc) is 2.85. The summed E-state index contributed by atoms with van der Waals surface area (Å²) in [6.45, 7) is 3.20. The van der Waals surface area contributed by atoms with Crippen LogP contribution in [0.4, 0.5) is 0 Å². The molecule has 102 valence electrons. The summed E-state index contributed by atoms with van der Waals surface area (Å²) in [5.74, 6) is 1.12. The van der Waals surface area contributed by atoms with Crippen LogP contribution >= 0.6 is 11.6 Å². The molecule has 4 heteroatoms. The van der Waals surface area contributed by atoms with Gasteiger partial charge in [0.2, 0.25) is 0 Å². The second-order valence-corrected chi connectivity index (χ2v) is 5.07. The van der Waals surface area contributed by atoms with Gasteiger partial charge in [0.1, 0.15) is 5.82 Å². The van der Waals surface area contributed by atoms with E-state index in [0.29, 0.717) is 0 Å². The molecular formula is C15H20ClN3. The minimum Gasteiger partial charge on any atom is -0.335 e. The third-order valence-corrected chi connectivity index (χ3v) is 3.53. The van der Waals surface area contributed by atoms with Crippen molar-refractivity contribution in [2.24, 2.45) is 0 Å². The lowest BCUT2D eigenvalue weighted by Crippen LogP contribution is -2.20. The predicted molar refractivity (Wildman–Crippen MR) is 79.5 cm³/mol. The summed E-state index contributed by atoms with van der Waals surface area (Å²) >= 11 is 5.93. The van der Waals surface area contributed by atoms with Crippen LogP contribution in [-0.2, 0) is 13.0 Å². The van der Waals surface area contributed by atoms with Gasteiger partial charge in [0.25, 0.3) is 0 Å². The summed E-state index contributed by atoms with van der Waals surface area (Å²) in [7, 11) is 1.98. The van der Waals surface area contributed by atoms with Gasteiger partial charge in [-0.25, -0.2) is 4.98 Å². The van der Waals surface area contributed by atoms with Gasteiger partial charge in [-0.05, 0) is 31.2 Å². The fourth-order valence-electron chi connectivity index (χ4n) is 2.24. The highest BCUT2D eigenvalue weighted by atomic mass is 35.5. The molecular weight excluding hydrogens is 258 g/mol. The van der Waals surface area contributed by atoms with Gasteiger partial charge in [0.05, 0.1) is 0 Å². The van der Waals surface area contributed by atoms with Gasteiger partial charge >= 0.3 is 0 Å². The second-order valence-electron chi connectivity index (χ2n) is 4.63. The molecule has 1 aromatic heterocycles. The summed E-state index contributed by atoms with van der Waals surface area (Å²) in [6, 6.07) is 8.25. The van der Waals surface area contributed by atoms with Crippen LogP contribution in [0, 0.1) is 0 Å². The first-order valence-electron chi connectivity index (χ1n) is 6.67. The molecule has 0 spiro atoms. The maximum absolute atomic E-state index is 5.93. The lowest BCUT2D eigenvalue weighted by atomic mass is 10.0. The summed E-state index contributed by atoms with van der Waals surface area (Å²) < 4.78 is 2.22. The highest BCUT2D eigenvalue weighted by Gasteiger charge is 2.13. The summed E-state index contributed by atoms with van der Waals surface area (Å²) in [4.78, 5) is 4.46. The Kier molecular flexibility index (Phi) is 5.00. The fraction of sp³-hybridized carbons (Fsp3) is 0.400. The number of halogens is 1. The first kappa shape index (κ1) is 14.1. The van der Waals surface area contributed by atoms with E-state index in [1.165, 1.54) is 5.56 Å². The molecule has 2 aromatic rings. The number of aryl methyl sites for hydroxylation is 1. The van der Waals surface area contributed by atoms with Crippen LogP contribution in [0.2, 0.25) is 5.02 Å². The number of aromatic nitrogens is 2. The Morgan fingerprint density at radius 3 is 2.68 bits per heavy atom. The van der Waals surface area contributed by atoms with Gasteiger partial charge < -0.3 is 9.88 Å². The van der Waals surface area contributed by atoms with Gasteiger partial charge in [-0.3, -0.25) is 0 Å². The van der Waals surface area contributed by atoms with Crippen LogP contribution in [0.25, 0.3) is 0 Å². The molecule has 19 heavy (non-hydrogen) atoms. The van der Waals surface area contributed by atoms with Crippen LogP contribution in [0.1, 0.15) is 30.8 Å². The number of hydrogen-bond acceptors (Lipinski definition) is 2. The van der Waals surface area contributed by atoms with Crippen molar-refractivity contribution < 1.29 is 0 Å². The van der Waals surface area contributed by atoms with Crippen molar-refractivity contribution in [1.29, 1.82) is 0 Å².